The molecule has 1 saturated heterocycles. The van der Waals surface area contributed by atoms with Gasteiger partial charge in [-0.25, -0.2) is 4.79 Å². The molecule has 0 aromatic carbocycles. The van der Waals surface area contributed by atoms with E-state index >= 15 is 0 Å². The zero-order valence-electron chi connectivity index (χ0n) is 11.0. The molecule has 1 aliphatic rings. The van der Waals surface area contributed by atoms with Gasteiger partial charge in [-0.2, -0.15) is 0 Å². The highest BCUT2D eigenvalue weighted by Gasteiger charge is 2.44. The van der Waals surface area contributed by atoms with Gasteiger partial charge < -0.3 is 0 Å². The number of rotatable bonds is 3. The van der Waals surface area contributed by atoms with Gasteiger partial charge in [0.05, 0.1) is 6.04 Å². The highest BCUT2D eigenvalue weighted by atomic mass is 32.1. The van der Waals surface area contributed by atoms with E-state index in [1.165, 1.54) is 11.3 Å². The molecule has 1 aliphatic heterocycles. The molecule has 1 aromatic rings. The lowest BCUT2D eigenvalue weighted by molar-refractivity contribution is -0.145. The minimum Gasteiger partial charge on any atom is -0.277 e. The number of amides is 4. The lowest BCUT2D eigenvalue weighted by Gasteiger charge is -2.35. The van der Waals surface area contributed by atoms with E-state index in [1.54, 1.807) is 20.8 Å². The first kappa shape index (κ1) is 13.7. The molecule has 5 nitrogen and oxygen atoms in total. The van der Waals surface area contributed by atoms with Crippen LogP contribution in [0.4, 0.5) is 4.79 Å². The highest BCUT2D eigenvalue weighted by Crippen LogP contribution is 2.29. The molecule has 0 radical (unpaired) electrons. The Kier molecular flexibility index (Phi) is 3.71. The third-order valence-electron chi connectivity index (χ3n) is 3.24. The van der Waals surface area contributed by atoms with E-state index < -0.39 is 23.8 Å². The molecule has 2 atom stereocenters. The van der Waals surface area contributed by atoms with Crippen molar-refractivity contribution in [1.82, 2.24) is 10.2 Å². The SMILES string of the molecule is CC(C)C1C(=O)NC(=O)N(C(C)c2cccs2)C1=O. The average molecular weight is 280 g/mol. The number of thiophene rings is 1. The van der Waals surface area contributed by atoms with Crippen molar-refractivity contribution in [3.63, 3.8) is 0 Å². The molecule has 1 aromatic heterocycles. The predicted molar refractivity (Wildman–Crippen MR) is 71.4 cm³/mol. The molecule has 1 fully saturated rings. The molecule has 0 spiro atoms. The summed E-state index contributed by atoms with van der Waals surface area (Å²) in [7, 11) is 0. The fourth-order valence-corrected chi connectivity index (χ4v) is 2.99. The van der Waals surface area contributed by atoms with Gasteiger partial charge in [0.25, 0.3) is 0 Å². The van der Waals surface area contributed by atoms with E-state index in [0.717, 1.165) is 9.78 Å². The molecule has 0 aliphatic carbocycles. The largest absolute Gasteiger partial charge is 0.331 e. The second-order valence-corrected chi connectivity index (χ2v) is 5.89. The maximum atomic E-state index is 12.4. The van der Waals surface area contributed by atoms with Crippen molar-refractivity contribution in [2.75, 3.05) is 0 Å². The van der Waals surface area contributed by atoms with Gasteiger partial charge in [-0.15, -0.1) is 11.3 Å². The standard InChI is InChI=1S/C13H16N2O3S/c1-7(2)10-11(16)14-13(18)15(12(10)17)8(3)9-5-4-6-19-9/h4-8,10H,1-3H3,(H,14,16,18). The molecule has 0 saturated carbocycles. The number of carbonyl (C=O) groups excluding carboxylic acids is 3. The Hall–Kier alpha value is -1.69. The highest BCUT2D eigenvalue weighted by molar-refractivity contribution is 7.10. The summed E-state index contributed by atoms with van der Waals surface area (Å²) in [6.07, 6.45) is 0. The molecule has 2 unspecified atom stereocenters. The van der Waals surface area contributed by atoms with E-state index in [2.05, 4.69) is 5.32 Å². The monoisotopic (exact) mass is 280 g/mol. The Bertz CT molecular complexity index is 510. The van der Waals surface area contributed by atoms with Gasteiger partial charge in [0.15, 0.2) is 0 Å². The molecule has 1 N–H and O–H groups in total. The van der Waals surface area contributed by atoms with Crippen molar-refractivity contribution in [2.24, 2.45) is 11.8 Å². The lowest BCUT2D eigenvalue weighted by atomic mass is 9.91. The maximum absolute atomic E-state index is 12.4. The number of imide groups is 2. The van der Waals surface area contributed by atoms with Crippen molar-refractivity contribution in [3.8, 4) is 0 Å². The van der Waals surface area contributed by atoms with Crippen molar-refractivity contribution in [3.05, 3.63) is 22.4 Å². The third kappa shape index (κ3) is 2.40. The fourth-order valence-electron chi connectivity index (χ4n) is 2.22. The first-order chi connectivity index (χ1) is 8.93. The number of barbiturate groups is 1. The number of nitrogens with one attached hydrogen (secondary N) is 1. The summed E-state index contributed by atoms with van der Waals surface area (Å²) < 4.78 is 0. The number of hydrogen-bond donors (Lipinski definition) is 1. The van der Waals surface area contributed by atoms with Crippen molar-refractivity contribution >= 4 is 29.2 Å². The van der Waals surface area contributed by atoms with E-state index in [-0.39, 0.29) is 12.0 Å². The summed E-state index contributed by atoms with van der Waals surface area (Å²) in [4.78, 5) is 38.1. The molecule has 0 bridgehead atoms. The van der Waals surface area contributed by atoms with Gasteiger partial charge >= 0.3 is 6.03 Å². The molecule has 6 heteroatoms. The first-order valence-corrected chi connectivity index (χ1v) is 7.02. The minimum absolute atomic E-state index is 0.140. The number of nitrogens with zero attached hydrogens (tertiary/aromatic N) is 1. The zero-order valence-corrected chi connectivity index (χ0v) is 11.9. The van der Waals surface area contributed by atoms with E-state index in [0.29, 0.717) is 0 Å². The Balaban J connectivity index is 2.31. The predicted octanol–water partition coefficient (Wildman–Crippen LogP) is 2.16. The average Bonchev–Trinajstić information content (AvgIpc) is 2.80. The minimum atomic E-state index is -0.792. The molecule has 102 valence electrons. The van der Waals surface area contributed by atoms with Gasteiger partial charge in [-0.3, -0.25) is 19.8 Å². The van der Waals surface area contributed by atoms with E-state index in [4.69, 9.17) is 0 Å². The molecule has 2 rings (SSSR count). The maximum Gasteiger partial charge on any atom is 0.331 e. The van der Waals surface area contributed by atoms with Crippen LogP contribution in [0.5, 0.6) is 0 Å². The lowest BCUT2D eigenvalue weighted by Crippen LogP contribution is -2.59. The molecular weight excluding hydrogens is 264 g/mol. The fraction of sp³-hybridized carbons (Fsp3) is 0.462. The van der Waals surface area contributed by atoms with Crippen molar-refractivity contribution < 1.29 is 14.4 Å². The van der Waals surface area contributed by atoms with Crippen LogP contribution in [-0.4, -0.2) is 22.7 Å². The number of carbonyl (C=O) groups is 3. The van der Waals surface area contributed by atoms with Gasteiger partial charge in [-0.05, 0) is 24.3 Å². The molecule has 2 heterocycles. The van der Waals surface area contributed by atoms with Crippen LogP contribution in [0.25, 0.3) is 0 Å². The third-order valence-corrected chi connectivity index (χ3v) is 4.29. The quantitative estimate of drug-likeness (QED) is 0.863. The van der Waals surface area contributed by atoms with Crippen LogP contribution in [-0.2, 0) is 9.59 Å². The van der Waals surface area contributed by atoms with Gasteiger partial charge in [0.1, 0.15) is 5.92 Å². The van der Waals surface area contributed by atoms with Gasteiger partial charge in [0.2, 0.25) is 11.8 Å². The Morgan fingerprint density at radius 3 is 2.47 bits per heavy atom. The van der Waals surface area contributed by atoms with Crippen molar-refractivity contribution in [2.45, 2.75) is 26.8 Å². The molecule has 19 heavy (non-hydrogen) atoms. The van der Waals surface area contributed by atoms with Gasteiger partial charge in [0, 0.05) is 4.88 Å². The van der Waals surface area contributed by atoms with Crippen LogP contribution in [0.1, 0.15) is 31.7 Å². The van der Waals surface area contributed by atoms with E-state index in [1.807, 2.05) is 17.5 Å². The van der Waals surface area contributed by atoms with Crippen LogP contribution in [0, 0.1) is 11.8 Å². The second kappa shape index (κ2) is 5.13. The topological polar surface area (TPSA) is 66.5 Å². The van der Waals surface area contributed by atoms with Crippen molar-refractivity contribution in [1.29, 1.82) is 0 Å². The van der Waals surface area contributed by atoms with Crippen LogP contribution < -0.4 is 5.32 Å². The summed E-state index contributed by atoms with van der Waals surface area (Å²) in [5, 5.41) is 4.16. The smallest absolute Gasteiger partial charge is 0.277 e. The van der Waals surface area contributed by atoms with Crippen LogP contribution in [0.2, 0.25) is 0 Å². The Morgan fingerprint density at radius 1 is 1.26 bits per heavy atom. The Morgan fingerprint density at radius 2 is 1.95 bits per heavy atom. The summed E-state index contributed by atoms with van der Waals surface area (Å²) in [6, 6.07) is 2.75. The second-order valence-electron chi connectivity index (χ2n) is 4.92. The number of urea groups is 1. The number of hydrogen-bond acceptors (Lipinski definition) is 4. The first-order valence-electron chi connectivity index (χ1n) is 6.14. The summed E-state index contributed by atoms with van der Waals surface area (Å²) in [5.41, 5.74) is 0. The molecule has 4 amide bonds. The normalized spacial score (nSPS) is 21.8. The van der Waals surface area contributed by atoms with E-state index in [9.17, 15) is 14.4 Å². The zero-order chi connectivity index (χ0) is 14.2. The van der Waals surface area contributed by atoms with Crippen LogP contribution >= 0.6 is 11.3 Å². The van der Waals surface area contributed by atoms with Crippen LogP contribution in [0.15, 0.2) is 17.5 Å². The Labute approximate surface area is 115 Å². The summed E-state index contributed by atoms with van der Waals surface area (Å²) >= 11 is 1.48. The summed E-state index contributed by atoms with van der Waals surface area (Å²) in [6.45, 7) is 5.38. The molecular formula is C13H16N2O3S. The van der Waals surface area contributed by atoms with Gasteiger partial charge in [-0.1, -0.05) is 19.9 Å². The summed E-state index contributed by atoms with van der Waals surface area (Å²) in [5.74, 6) is -1.84. The van der Waals surface area contributed by atoms with Crippen LogP contribution in [0.3, 0.4) is 0 Å².